The van der Waals surface area contributed by atoms with Gasteiger partial charge in [-0.25, -0.2) is 17.9 Å². The van der Waals surface area contributed by atoms with E-state index in [1.165, 1.54) is 6.92 Å². The summed E-state index contributed by atoms with van der Waals surface area (Å²) in [5.41, 5.74) is 0. The fourth-order valence-corrected chi connectivity index (χ4v) is 3.16. The van der Waals surface area contributed by atoms with Crippen LogP contribution in [0.3, 0.4) is 0 Å². The minimum absolute atomic E-state index is 0.00847. The van der Waals surface area contributed by atoms with Crippen LogP contribution >= 0.6 is 0 Å². The van der Waals surface area contributed by atoms with Crippen LogP contribution < -0.4 is 4.72 Å². The molecule has 3 N–H and O–H groups in total. The Morgan fingerprint density at radius 2 is 2.05 bits per heavy atom. The second-order valence-corrected chi connectivity index (χ2v) is 6.13. The van der Waals surface area contributed by atoms with Gasteiger partial charge in [0, 0.05) is 12.1 Å². The van der Waals surface area contributed by atoms with E-state index in [0.717, 1.165) is 6.07 Å². The first-order valence-corrected chi connectivity index (χ1v) is 7.16. The summed E-state index contributed by atoms with van der Waals surface area (Å²) in [6.45, 7) is 4.54. The molecule has 0 aromatic carbocycles. The molecule has 2 atom stereocenters. The van der Waals surface area contributed by atoms with Crippen LogP contribution in [0.4, 0.5) is 0 Å². The van der Waals surface area contributed by atoms with E-state index in [1.54, 1.807) is 13.8 Å². The number of carboxylic acid groups (broad SMARTS) is 1. The predicted molar refractivity (Wildman–Crippen MR) is 66.5 cm³/mol. The normalized spacial score (nSPS) is 15.2. The summed E-state index contributed by atoms with van der Waals surface area (Å²) in [6, 6.07) is 0.488. The Labute approximate surface area is 111 Å². The Morgan fingerprint density at radius 3 is 2.47 bits per heavy atom. The molecule has 2 unspecified atom stereocenters. The highest BCUT2D eigenvalue weighted by atomic mass is 32.2. The Kier molecular flexibility index (Phi) is 4.72. The lowest BCUT2D eigenvalue weighted by atomic mass is 10.2. The van der Waals surface area contributed by atoms with Gasteiger partial charge >= 0.3 is 5.97 Å². The second-order valence-electron chi connectivity index (χ2n) is 4.44. The summed E-state index contributed by atoms with van der Waals surface area (Å²) in [5, 5.41) is 17.9. The largest absolute Gasteiger partial charge is 0.475 e. The van der Waals surface area contributed by atoms with Crippen LogP contribution in [0.1, 0.15) is 36.6 Å². The first-order chi connectivity index (χ1) is 8.63. The molecule has 8 heteroatoms. The summed E-state index contributed by atoms with van der Waals surface area (Å²) >= 11 is 0. The SMILES string of the molecule is Cc1oc(C(=O)O)cc1S(=O)(=O)NC(C)CC(C)O. The standard InChI is InChI=1S/C11H17NO6S/c1-6(4-7(2)13)12-19(16,17)10-5-9(11(14)15)18-8(10)3/h5-7,12-13H,4H2,1-3H3,(H,14,15). The van der Waals surface area contributed by atoms with Crippen molar-refractivity contribution in [3.63, 3.8) is 0 Å². The number of furan rings is 1. The van der Waals surface area contributed by atoms with Gasteiger partial charge in [-0.3, -0.25) is 0 Å². The zero-order valence-corrected chi connectivity index (χ0v) is 11.7. The molecule has 0 radical (unpaired) electrons. The fraction of sp³-hybridized carbons (Fsp3) is 0.545. The number of aryl methyl sites for hydroxylation is 1. The maximum Gasteiger partial charge on any atom is 0.371 e. The van der Waals surface area contributed by atoms with Crippen LogP contribution in [0.5, 0.6) is 0 Å². The van der Waals surface area contributed by atoms with Gasteiger partial charge in [0.2, 0.25) is 15.8 Å². The number of carboxylic acids is 1. The van der Waals surface area contributed by atoms with Crippen molar-refractivity contribution >= 4 is 16.0 Å². The third kappa shape index (κ3) is 4.05. The number of aromatic carboxylic acids is 1. The van der Waals surface area contributed by atoms with Gasteiger partial charge in [-0.1, -0.05) is 0 Å². The molecule has 0 bridgehead atoms. The summed E-state index contributed by atoms with van der Waals surface area (Å²) in [5.74, 6) is -1.75. The smallest absolute Gasteiger partial charge is 0.371 e. The molecule has 7 nitrogen and oxygen atoms in total. The first kappa shape index (κ1) is 15.7. The Hall–Kier alpha value is -1.38. The molecule has 19 heavy (non-hydrogen) atoms. The van der Waals surface area contributed by atoms with Crippen molar-refractivity contribution in [2.45, 2.75) is 44.2 Å². The minimum atomic E-state index is -3.87. The molecule has 0 spiro atoms. The van der Waals surface area contributed by atoms with Crippen molar-refractivity contribution in [3.05, 3.63) is 17.6 Å². The van der Waals surface area contributed by atoms with Crippen molar-refractivity contribution in [2.24, 2.45) is 0 Å². The van der Waals surface area contributed by atoms with Crippen LogP contribution in [0.25, 0.3) is 0 Å². The predicted octanol–water partition coefficient (Wildman–Crippen LogP) is 0.724. The molecule has 0 aliphatic rings. The highest BCUT2D eigenvalue weighted by Gasteiger charge is 2.25. The van der Waals surface area contributed by atoms with Gasteiger partial charge in [0.25, 0.3) is 0 Å². The van der Waals surface area contributed by atoms with Gasteiger partial charge in [-0.2, -0.15) is 0 Å². The van der Waals surface area contributed by atoms with Gasteiger partial charge in [0.1, 0.15) is 10.7 Å². The van der Waals surface area contributed by atoms with Crippen LogP contribution in [0, 0.1) is 6.92 Å². The van der Waals surface area contributed by atoms with Gasteiger partial charge in [0.05, 0.1) is 6.10 Å². The molecular weight excluding hydrogens is 274 g/mol. The molecule has 1 aromatic heterocycles. The maximum absolute atomic E-state index is 12.0. The monoisotopic (exact) mass is 291 g/mol. The van der Waals surface area contributed by atoms with Crippen molar-refractivity contribution < 1.29 is 27.8 Å². The zero-order valence-electron chi connectivity index (χ0n) is 10.9. The van der Waals surface area contributed by atoms with E-state index in [2.05, 4.69) is 4.72 Å². The van der Waals surface area contributed by atoms with Crippen molar-refractivity contribution in [1.29, 1.82) is 0 Å². The van der Waals surface area contributed by atoms with E-state index >= 15 is 0 Å². The van der Waals surface area contributed by atoms with Crippen LogP contribution in [0.2, 0.25) is 0 Å². The van der Waals surface area contributed by atoms with E-state index in [-0.39, 0.29) is 17.1 Å². The second kappa shape index (κ2) is 5.72. The lowest BCUT2D eigenvalue weighted by Crippen LogP contribution is -2.34. The van der Waals surface area contributed by atoms with Crippen molar-refractivity contribution in [3.8, 4) is 0 Å². The third-order valence-electron chi connectivity index (χ3n) is 2.42. The van der Waals surface area contributed by atoms with Crippen molar-refractivity contribution in [2.75, 3.05) is 0 Å². The lowest BCUT2D eigenvalue weighted by Gasteiger charge is -2.15. The number of hydrogen-bond donors (Lipinski definition) is 3. The zero-order chi connectivity index (χ0) is 14.8. The number of aliphatic hydroxyl groups is 1. The molecule has 0 aliphatic heterocycles. The number of rotatable bonds is 6. The Morgan fingerprint density at radius 1 is 1.47 bits per heavy atom. The van der Waals surface area contributed by atoms with E-state index in [0.29, 0.717) is 0 Å². The maximum atomic E-state index is 12.0. The van der Waals surface area contributed by atoms with Gasteiger partial charge < -0.3 is 14.6 Å². The molecule has 1 heterocycles. The quantitative estimate of drug-likeness (QED) is 0.711. The minimum Gasteiger partial charge on any atom is -0.475 e. The number of hydrogen-bond acceptors (Lipinski definition) is 5. The molecule has 1 aromatic rings. The third-order valence-corrected chi connectivity index (χ3v) is 4.12. The summed E-state index contributed by atoms with van der Waals surface area (Å²) in [6.07, 6.45) is -0.389. The molecule has 1 rings (SSSR count). The summed E-state index contributed by atoms with van der Waals surface area (Å²) < 4.78 is 31.3. The van der Waals surface area contributed by atoms with Crippen LogP contribution in [0.15, 0.2) is 15.4 Å². The van der Waals surface area contributed by atoms with Crippen molar-refractivity contribution in [1.82, 2.24) is 4.72 Å². The molecule has 0 aliphatic carbocycles. The molecule has 0 saturated heterocycles. The summed E-state index contributed by atoms with van der Waals surface area (Å²) in [4.78, 5) is 10.5. The van der Waals surface area contributed by atoms with E-state index < -0.39 is 33.9 Å². The van der Waals surface area contributed by atoms with Crippen LogP contribution in [-0.2, 0) is 10.0 Å². The summed E-state index contributed by atoms with van der Waals surface area (Å²) in [7, 11) is -3.87. The number of nitrogens with one attached hydrogen (secondary N) is 1. The topological polar surface area (TPSA) is 117 Å². The fourth-order valence-electron chi connectivity index (χ4n) is 1.73. The van der Waals surface area contributed by atoms with Gasteiger partial charge in [-0.15, -0.1) is 0 Å². The number of sulfonamides is 1. The molecule has 108 valence electrons. The lowest BCUT2D eigenvalue weighted by molar-refractivity contribution is 0.0661. The molecular formula is C11H17NO6S. The first-order valence-electron chi connectivity index (χ1n) is 5.67. The average Bonchev–Trinajstić information content (AvgIpc) is 2.58. The molecule has 0 fully saturated rings. The van der Waals surface area contributed by atoms with E-state index in [1.807, 2.05) is 0 Å². The van der Waals surface area contributed by atoms with E-state index in [4.69, 9.17) is 9.52 Å². The highest BCUT2D eigenvalue weighted by molar-refractivity contribution is 7.89. The highest BCUT2D eigenvalue weighted by Crippen LogP contribution is 2.20. The molecule has 0 saturated carbocycles. The molecule has 0 amide bonds. The Balaban J connectivity index is 2.97. The Bertz CT molecular complexity index is 560. The number of aliphatic hydroxyl groups excluding tert-OH is 1. The van der Waals surface area contributed by atoms with Crippen LogP contribution in [-0.4, -0.2) is 36.7 Å². The van der Waals surface area contributed by atoms with Gasteiger partial charge in [-0.05, 0) is 27.2 Å². The average molecular weight is 291 g/mol. The van der Waals surface area contributed by atoms with E-state index in [9.17, 15) is 18.3 Å². The van der Waals surface area contributed by atoms with Gasteiger partial charge in [0.15, 0.2) is 0 Å². The number of carbonyl (C=O) groups is 1.